The van der Waals surface area contributed by atoms with Gasteiger partial charge in [0.25, 0.3) is 0 Å². The number of hydrogen-bond acceptors (Lipinski definition) is 5. The standard InChI is InChI=1S/C15H20N2O3/c1-17(2)11-7-15(3-4-16-8-15)20-12-6-14-13(5-10(11)12)18-9-19-14/h5-6,11,16H,3-4,7-9H2,1-2H3. The Morgan fingerprint density at radius 3 is 2.70 bits per heavy atom. The predicted molar refractivity (Wildman–Crippen MR) is 74.5 cm³/mol. The first kappa shape index (κ1) is 12.3. The summed E-state index contributed by atoms with van der Waals surface area (Å²) in [5, 5.41) is 3.43. The molecule has 0 saturated carbocycles. The summed E-state index contributed by atoms with van der Waals surface area (Å²) in [5.74, 6) is 2.58. The first-order chi connectivity index (χ1) is 9.67. The first-order valence-electron chi connectivity index (χ1n) is 7.17. The van der Waals surface area contributed by atoms with Crippen LogP contribution < -0.4 is 19.5 Å². The number of ether oxygens (including phenoxy) is 3. The number of nitrogens with zero attached hydrogens (tertiary/aromatic N) is 1. The van der Waals surface area contributed by atoms with Crippen molar-refractivity contribution in [3.05, 3.63) is 17.7 Å². The minimum absolute atomic E-state index is 0.0738. The molecule has 0 aliphatic carbocycles. The number of nitrogens with one attached hydrogen (secondary N) is 1. The van der Waals surface area contributed by atoms with Gasteiger partial charge in [-0.3, -0.25) is 0 Å². The highest BCUT2D eigenvalue weighted by atomic mass is 16.7. The average Bonchev–Trinajstić information content (AvgIpc) is 3.04. The summed E-state index contributed by atoms with van der Waals surface area (Å²) in [6.45, 7) is 2.25. The van der Waals surface area contributed by atoms with Crippen molar-refractivity contribution in [3.8, 4) is 17.2 Å². The van der Waals surface area contributed by atoms with Crippen molar-refractivity contribution < 1.29 is 14.2 Å². The molecule has 0 bridgehead atoms. The van der Waals surface area contributed by atoms with E-state index in [0.29, 0.717) is 12.8 Å². The summed E-state index contributed by atoms with van der Waals surface area (Å²) >= 11 is 0. The van der Waals surface area contributed by atoms with Crippen LogP contribution in [-0.2, 0) is 0 Å². The van der Waals surface area contributed by atoms with Gasteiger partial charge in [0.05, 0.1) is 0 Å². The van der Waals surface area contributed by atoms with Gasteiger partial charge in [0.2, 0.25) is 6.79 Å². The van der Waals surface area contributed by atoms with Crippen LogP contribution in [0, 0.1) is 0 Å². The van der Waals surface area contributed by atoms with Gasteiger partial charge in [-0.15, -0.1) is 0 Å². The molecule has 3 aliphatic rings. The van der Waals surface area contributed by atoms with E-state index in [4.69, 9.17) is 14.2 Å². The molecule has 1 saturated heterocycles. The van der Waals surface area contributed by atoms with Crippen LogP contribution in [0.4, 0.5) is 0 Å². The van der Waals surface area contributed by atoms with Crippen molar-refractivity contribution >= 4 is 0 Å². The first-order valence-corrected chi connectivity index (χ1v) is 7.17. The molecule has 4 rings (SSSR count). The zero-order chi connectivity index (χ0) is 13.7. The highest BCUT2D eigenvalue weighted by Gasteiger charge is 2.44. The van der Waals surface area contributed by atoms with Crippen LogP contribution in [0.15, 0.2) is 12.1 Å². The van der Waals surface area contributed by atoms with E-state index >= 15 is 0 Å². The van der Waals surface area contributed by atoms with E-state index in [-0.39, 0.29) is 5.60 Å². The Bertz CT molecular complexity index is 538. The molecule has 1 fully saturated rings. The molecule has 5 nitrogen and oxygen atoms in total. The van der Waals surface area contributed by atoms with Crippen molar-refractivity contribution in [1.29, 1.82) is 0 Å². The maximum atomic E-state index is 6.36. The predicted octanol–water partition coefficient (Wildman–Crippen LogP) is 1.53. The quantitative estimate of drug-likeness (QED) is 0.842. The highest BCUT2D eigenvalue weighted by Crippen LogP contribution is 2.49. The molecule has 2 atom stereocenters. The number of fused-ring (bicyclic) bond motifs is 2. The molecule has 1 aromatic carbocycles. The maximum absolute atomic E-state index is 6.36. The Kier molecular flexibility index (Phi) is 2.62. The monoisotopic (exact) mass is 276 g/mol. The molecule has 108 valence electrons. The van der Waals surface area contributed by atoms with E-state index < -0.39 is 0 Å². The molecule has 0 radical (unpaired) electrons. The molecule has 1 spiro atoms. The lowest BCUT2D eigenvalue weighted by molar-refractivity contribution is 0.0287. The Hall–Kier alpha value is -1.46. The Balaban J connectivity index is 1.79. The van der Waals surface area contributed by atoms with Gasteiger partial charge < -0.3 is 24.4 Å². The van der Waals surface area contributed by atoms with E-state index in [2.05, 4.69) is 30.4 Å². The molecule has 5 heteroatoms. The van der Waals surface area contributed by atoms with Crippen molar-refractivity contribution in [3.63, 3.8) is 0 Å². The van der Waals surface area contributed by atoms with Crippen LogP contribution in [0.25, 0.3) is 0 Å². The van der Waals surface area contributed by atoms with E-state index in [1.54, 1.807) is 0 Å². The second kappa shape index (κ2) is 4.27. The second-order valence-electron chi connectivity index (χ2n) is 6.14. The van der Waals surface area contributed by atoms with E-state index in [1.807, 2.05) is 6.07 Å². The van der Waals surface area contributed by atoms with Crippen molar-refractivity contribution in [2.45, 2.75) is 24.5 Å². The van der Waals surface area contributed by atoms with Gasteiger partial charge in [-0.25, -0.2) is 0 Å². The normalized spacial score (nSPS) is 30.6. The largest absolute Gasteiger partial charge is 0.485 e. The molecule has 0 amide bonds. The Labute approximate surface area is 118 Å². The molecule has 0 aromatic heterocycles. The van der Waals surface area contributed by atoms with Gasteiger partial charge in [-0.1, -0.05) is 0 Å². The van der Waals surface area contributed by atoms with E-state index in [9.17, 15) is 0 Å². The van der Waals surface area contributed by atoms with Gasteiger partial charge in [-0.05, 0) is 26.7 Å². The van der Waals surface area contributed by atoms with Crippen LogP contribution in [0.5, 0.6) is 17.2 Å². The minimum atomic E-state index is -0.0738. The zero-order valence-corrected chi connectivity index (χ0v) is 11.9. The Morgan fingerprint density at radius 1 is 1.20 bits per heavy atom. The fraction of sp³-hybridized carbons (Fsp3) is 0.600. The molecule has 20 heavy (non-hydrogen) atoms. The zero-order valence-electron chi connectivity index (χ0n) is 11.9. The molecule has 3 heterocycles. The van der Waals surface area contributed by atoms with E-state index in [0.717, 1.165) is 43.2 Å². The summed E-state index contributed by atoms with van der Waals surface area (Å²) in [6, 6.07) is 4.43. The van der Waals surface area contributed by atoms with Crippen LogP contribution in [0.1, 0.15) is 24.4 Å². The van der Waals surface area contributed by atoms with Gasteiger partial charge in [0.15, 0.2) is 11.5 Å². The molecule has 1 N–H and O–H groups in total. The summed E-state index contributed by atoms with van der Waals surface area (Å²) < 4.78 is 17.3. The third-order valence-corrected chi connectivity index (χ3v) is 4.58. The lowest BCUT2D eigenvalue weighted by Crippen LogP contribution is -2.45. The topological polar surface area (TPSA) is 43.0 Å². The molecule has 2 unspecified atom stereocenters. The number of hydrogen-bond donors (Lipinski definition) is 1. The van der Waals surface area contributed by atoms with Gasteiger partial charge in [0.1, 0.15) is 11.4 Å². The lowest BCUT2D eigenvalue weighted by Gasteiger charge is -2.41. The summed E-state index contributed by atoms with van der Waals surface area (Å²) in [4.78, 5) is 2.27. The van der Waals surface area contributed by atoms with Gasteiger partial charge in [-0.2, -0.15) is 0 Å². The summed E-state index contributed by atoms with van der Waals surface area (Å²) in [5.41, 5.74) is 1.13. The molecular weight excluding hydrogens is 256 g/mol. The van der Waals surface area contributed by atoms with Crippen molar-refractivity contribution in [1.82, 2.24) is 10.2 Å². The van der Waals surface area contributed by atoms with Crippen molar-refractivity contribution in [2.24, 2.45) is 0 Å². The molecule has 3 aliphatic heterocycles. The lowest BCUT2D eigenvalue weighted by atomic mass is 9.85. The summed E-state index contributed by atoms with van der Waals surface area (Å²) in [7, 11) is 4.25. The number of benzene rings is 1. The average molecular weight is 276 g/mol. The SMILES string of the molecule is CN(C)C1CC2(CCNC2)Oc2cc3c(cc21)OCO3. The number of rotatable bonds is 1. The maximum Gasteiger partial charge on any atom is 0.231 e. The summed E-state index contributed by atoms with van der Waals surface area (Å²) in [6.07, 6.45) is 2.07. The Morgan fingerprint density at radius 2 is 2.00 bits per heavy atom. The van der Waals surface area contributed by atoms with Crippen LogP contribution in [0.2, 0.25) is 0 Å². The van der Waals surface area contributed by atoms with Gasteiger partial charge >= 0.3 is 0 Å². The van der Waals surface area contributed by atoms with Crippen LogP contribution in [0.3, 0.4) is 0 Å². The van der Waals surface area contributed by atoms with Crippen molar-refractivity contribution in [2.75, 3.05) is 34.0 Å². The van der Waals surface area contributed by atoms with Crippen LogP contribution in [-0.4, -0.2) is 44.5 Å². The fourth-order valence-electron chi connectivity index (χ4n) is 3.47. The van der Waals surface area contributed by atoms with Gasteiger partial charge in [0, 0.05) is 37.1 Å². The molecule has 1 aromatic rings. The molecular formula is C15H20N2O3. The van der Waals surface area contributed by atoms with E-state index in [1.165, 1.54) is 5.56 Å². The highest BCUT2D eigenvalue weighted by molar-refractivity contribution is 5.54. The second-order valence-corrected chi connectivity index (χ2v) is 6.14. The third-order valence-electron chi connectivity index (χ3n) is 4.58. The third kappa shape index (κ3) is 1.77. The van der Waals surface area contributed by atoms with Crippen LogP contribution >= 0.6 is 0 Å². The fourth-order valence-corrected chi connectivity index (χ4v) is 3.47. The smallest absolute Gasteiger partial charge is 0.231 e. The minimum Gasteiger partial charge on any atom is -0.485 e.